The molecule has 1 aromatic rings. The fourth-order valence-electron chi connectivity index (χ4n) is 1.44. The van der Waals surface area contributed by atoms with Crippen LogP contribution in [0.2, 0.25) is 0 Å². The molecule has 0 aliphatic heterocycles. The Labute approximate surface area is 90.3 Å². The standard InChI is InChI=1S/C11H18N2O2/c1-5-10-12-9(11(14)15-6-2)7-13(10)8(3)4/h7-8H,5-6H2,1-4H3. The lowest BCUT2D eigenvalue weighted by atomic mass is 10.3. The number of hydrogen-bond acceptors (Lipinski definition) is 3. The van der Waals surface area contributed by atoms with Crippen molar-refractivity contribution in [2.24, 2.45) is 0 Å². The first-order valence-corrected chi connectivity index (χ1v) is 5.35. The summed E-state index contributed by atoms with van der Waals surface area (Å²) in [5.41, 5.74) is 0.405. The number of aryl methyl sites for hydroxylation is 1. The summed E-state index contributed by atoms with van der Waals surface area (Å²) in [6.45, 7) is 8.33. The molecular weight excluding hydrogens is 192 g/mol. The van der Waals surface area contributed by atoms with Crippen molar-refractivity contribution in [2.45, 2.75) is 40.2 Å². The highest BCUT2D eigenvalue weighted by molar-refractivity contribution is 5.87. The smallest absolute Gasteiger partial charge is 0.358 e. The summed E-state index contributed by atoms with van der Waals surface area (Å²) in [5, 5.41) is 0. The number of carbonyl (C=O) groups excluding carboxylic acids is 1. The molecule has 0 fully saturated rings. The van der Waals surface area contributed by atoms with Crippen LogP contribution in [0.1, 0.15) is 50.0 Å². The minimum Gasteiger partial charge on any atom is -0.461 e. The number of ether oxygens (including phenoxy) is 1. The molecule has 0 unspecified atom stereocenters. The van der Waals surface area contributed by atoms with Crippen LogP contribution in [0.3, 0.4) is 0 Å². The molecule has 4 nitrogen and oxygen atoms in total. The van der Waals surface area contributed by atoms with Gasteiger partial charge in [0.05, 0.1) is 6.61 Å². The Kier molecular flexibility index (Phi) is 3.88. The molecule has 1 rings (SSSR count). The molecule has 0 atom stereocenters. The second-order valence-electron chi connectivity index (χ2n) is 3.62. The number of hydrogen-bond donors (Lipinski definition) is 0. The Morgan fingerprint density at radius 2 is 2.20 bits per heavy atom. The van der Waals surface area contributed by atoms with Gasteiger partial charge in [-0.2, -0.15) is 0 Å². The molecule has 1 aromatic heterocycles. The second kappa shape index (κ2) is 4.96. The highest BCUT2D eigenvalue weighted by Gasteiger charge is 2.15. The van der Waals surface area contributed by atoms with Crippen molar-refractivity contribution in [1.82, 2.24) is 9.55 Å². The maximum absolute atomic E-state index is 11.5. The van der Waals surface area contributed by atoms with Crippen molar-refractivity contribution in [3.05, 3.63) is 17.7 Å². The van der Waals surface area contributed by atoms with Crippen LogP contribution in [-0.4, -0.2) is 22.1 Å². The summed E-state index contributed by atoms with van der Waals surface area (Å²) < 4.78 is 6.91. The highest BCUT2D eigenvalue weighted by atomic mass is 16.5. The van der Waals surface area contributed by atoms with E-state index in [4.69, 9.17) is 4.74 Å². The van der Waals surface area contributed by atoms with Gasteiger partial charge >= 0.3 is 5.97 Å². The minimum absolute atomic E-state index is 0.315. The third-order valence-electron chi connectivity index (χ3n) is 2.17. The SMILES string of the molecule is CCOC(=O)c1cn(C(C)C)c(CC)n1. The van der Waals surface area contributed by atoms with Gasteiger partial charge in [0.15, 0.2) is 5.69 Å². The fraction of sp³-hybridized carbons (Fsp3) is 0.636. The lowest BCUT2D eigenvalue weighted by Gasteiger charge is -2.08. The van der Waals surface area contributed by atoms with Gasteiger partial charge in [-0.1, -0.05) is 6.92 Å². The van der Waals surface area contributed by atoms with Crippen LogP contribution < -0.4 is 0 Å². The highest BCUT2D eigenvalue weighted by Crippen LogP contribution is 2.12. The molecule has 84 valence electrons. The summed E-state index contributed by atoms with van der Waals surface area (Å²) in [4.78, 5) is 15.7. The molecule has 4 heteroatoms. The maximum Gasteiger partial charge on any atom is 0.358 e. The van der Waals surface area contributed by atoms with Gasteiger partial charge in [0.25, 0.3) is 0 Å². The summed E-state index contributed by atoms with van der Waals surface area (Å²) in [5.74, 6) is 0.583. The normalized spacial score (nSPS) is 10.7. The molecule has 0 amide bonds. The molecule has 0 spiro atoms. The Balaban J connectivity index is 2.97. The van der Waals surface area contributed by atoms with Gasteiger partial charge in [0.1, 0.15) is 5.82 Å². The molecule has 0 N–H and O–H groups in total. The third kappa shape index (κ3) is 2.58. The largest absolute Gasteiger partial charge is 0.461 e. The van der Waals surface area contributed by atoms with Crippen LogP contribution in [0.15, 0.2) is 6.20 Å². The molecule has 0 bridgehead atoms. The van der Waals surface area contributed by atoms with Gasteiger partial charge in [-0.25, -0.2) is 9.78 Å². The van der Waals surface area contributed by atoms with Crippen LogP contribution in [0.5, 0.6) is 0 Å². The van der Waals surface area contributed by atoms with Gasteiger partial charge in [0, 0.05) is 18.7 Å². The van der Waals surface area contributed by atoms with Crippen molar-refractivity contribution < 1.29 is 9.53 Å². The monoisotopic (exact) mass is 210 g/mol. The zero-order valence-electron chi connectivity index (χ0n) is 9.78. The molecule has 15 heavy (non-hydrogen) atoms. The van der Waals surface area contributed by atoms with E-state index >= 15 is 0 Å². The zero-order valence-corrected chi connectivity index (χ0v) is 9.78. The Morgan fingerprint density at radius 3 is 2.60 bits per heavy atom. The van der Waals surface area contributed by atoms with E-state index in [0.717, 1.165) is 12.2 Å². The number of imidazole rings is 1. The van der Waals surface area contributed by atoms with Gasteiger partial charge in [-0.15, -0.1) is 0 Å². The summed E-state index contributed by atoms with van der Waals surface area (Å²) in [6, 6.07) is 0.315. The van der Waals surface area contributed by atoms with E-state index in [1.54, 1.807) is 13.1 Å². The summed E-state index contributed by atoms with van der Waals surface area (Å²) in [6.07, 6.45) is 2.58. The first kappa shape index (κ1) is 11.8. The van der Waals surface area contributed by atoms with E-state index in [1.807, 2.05) is 11.5 Å². The molecule has 0 saturated carbocycles. The second-order valence-corrected chi connectivity index (χ2v) is 3.62. The topological polar surface area (TPSA) is 44.1 Å². The predicted molar refractivity (Wildman–Crippen MR) is 57.9 cm³/mol. The third-order valence-corrected chi connectivity index (χ3v) is 2.17. The Morgan fingerprint density at radius 1 is 1.53 bits per heavy atom. The first-order valence-electron chi connectivity index (χ1n) is 5.35. The summed E-state index contributed by atoms with van der Waals surface area (Å²) in [7, 11) is 0. The van der Waals surface area contributed by atoms with Crippen molar-refractivity contribution >= 4 is 5.97 Å². The van der Waals surface area contributed by atoms with Gasteiger partial charge in [0.2, 0.25) is 0 Å². The van der Waals surface area contributed by atoms with Crippen LogP contribution in [-0.2, 0) is 11.2 Å². The van der Waals surface area contributed by atoms with Crippen LogP contribution in [0, 0.1) is 0 Å². The predicted octanol–water partition coefficient (Wildman–Crippen LogP) is 2.20. The molecule has 0 radical (unpaired) electrons. The molecular formula is C11H18N2O2. The average molecular weight is 210 g/mol. The van der Waals surface area contributed by atoms with E-state index < -0.39 is 0 Å². The van der Waals surface area contributed by atoms with Crippen molar-refractivity contribution in [3.8, 4) is 0 Å². The number of carbonyl (C=O) groups is 1. The molecule has 0 aromatic carbocycles. The maximum atomic E-state index is 11.5. The minimum atomic E-state index is -0.341. The van der Waals surface area contributed by atoms with Gasteiger partial charge < -0.3 is 9.30 Å². The van der Waals surface area contributed by atoms with Crippen molar-refractivity contribution in [1.29, 1.82) is 0 Å². The molecule has 0 aliphatic carbocycles. The average Bonchev–Trinajstić information content (AvgIpc) is 2.61. The molecule has 0 saturated heterocycles. The van der Waals surface area contributed by atoms with E-state index in [2.05, 4.69) is 18.8 Å². The van der Waals surface area contributed by atoms with E-state index in [0.29, 0.717) is 18.3 Å². The number of nitrogens with zero attached hydrogens (tertiary/aromatic N) is 2. The van der Waals surface area contributed by atoms with Crippen molar-refractivity contribution in [3.63, 3.8) is 0 Å². The van der Waals surface area contributed by atoms with Crippen LogP contribution >= 0.6 is 0 Å². The number of esters is 1. The van der Waals surface area contributed by atoms with Crippen LogP contribution in [0.25, 0.3) is 0 Å². The quantitative estimate of drug-likeness (QED) is 0.715. The fourth-order valence-corrected chi connectivity index (χ4v) is 1.44. The van der Waals surface area contributed by atoms with Gasteiger partial charge in [-0.3, -0.25) is 0 Å². The van der Waals surface area contributed by atoms with E-state index in [-0.39, 0.29) is 5.97 Å². The number of rotatable bonds is 4. The van der Waals surface area contributed by atoms with Crippen LogP contribution in [0.4, 0.5) is 0 Å². The van der Waals surface area contributed by atoms with Gasteiger partial charge in [-0.05, 0) is 20.8 Å². The molecule has 1 heterocycles. The molecule has 0 aliphatic rings. The Hall–Kier alpha value is -1.32. The zero-order chi connectivity index (χ0) is 11.4. The number of aromatic nitrogens is 2. The first-order chi connectivity index (χ1) is 7.10. The lowest BCUT2D eigenvalue weighted by Crippen LogP contribution is -2.05. The lowest BCUT2D eigenvalue weighted by molar-refractivity contribution is 0.0520. The van der Waals surface area contributed by atoms with E-state index in [9.17, 15) is 4.79 Å². The summed E-state index contributed by atoms with van der Waals surface area (Å²) >= 11 is 0. The van der Waals surface area contributed by atoms with E-state index in [1.165, 1.54) is 0 Å². The Bertz CT molecular complexity index is 342. The van der Waals surface area contributed by atoms with Crippen molar-refractivity contribution in [2.75, 3.05) is 6.61 Å².